The highest BCUT2D eigenvalue weighted by Gasteiger charge is 2.29. The minimum atomic E-state index is 0.0178. The lowest BCUT2D eigenvalue weighted by atomic mass is 9.81. The first kappa shape index (κ1) is 13.8. The van der Waals surface area contributed by atoms with Gasteiger partial charge in [0.1, 0.15) is 0 Å². The number of rotatable bonds is 4. The average Bonchev–Trinajstić information content (AvgIpc) is 2.40. The van der Waals surface area contributed by atoms with Crippen molar-refractivity contribution in [1.29, 1.82) is 0 Å². The minimum Gasteiger partial charge on any atom is -0.466 e. The van der Waals surface area contributed by atoms with Crippen LogP contribution in [-0.2, 0) is 14.3 Å². The molecule has 0 aromatic heterocycles. The zero-order valence-corrected chi connectivity index (χ0v) is 11.4. The molecule has 0 aromatic rings. The SMILES string of the molecule is CCOC(=O)[C@H]1CCC[C@@H](CN2CCOCC2)C1. The molecule has 18 heavy (non-hydrogen) atoms. The molecule has 104 valence electrons. The van der Waals surface area contributed by atoms with E-state index in [-0.39, 0.29) is 11.9 Å². The zero-order chi connectivity index (χ0) is 12.8. The van der Waals surface area contributed by atoms with Gasteiger partial charge in [0.2, 0.25) is 0 Å². The van der Waals surface area contributed by atoms with Crippen LogP contribution in [0.5, 0.6) is 0 Å². The van der Waals surface area contributed by atoms with E-state index in [1.807, 2.05) is 6.92 Å². The van der Waals surface area contributed by atoms with Gasteiger partial charge in [0.15, 0.2) is 0 Å². The molecule has 4 heteroatoms. The van der Waals surface area contributed by atoms with Gasteiger partial charge in [0, 0.05) is 19.6 Å². The van der Waals surface area contributed by atoms with Crippen molar-refractivity contribution in [2.24, 2.45) is 11.8 Å². The third-order valence-corrected chi connectivity index (χ3v) is 4.02. The van der Waals surface area contributed by atoms with Gasteiger partial charge in [-0.1, -0.05) is 6.42 Å². The molecule has 0 N–H and O–H groups in total. The van der Waals surface area contributed by atoms with Gasteiger partial charge in [-0.25, -0.2) is 0 Å². The van der Waals surface area contributed by atoms with Crippen LogP contribution in [-0.4, -0.2) is 50.3 Å². The van der Waals surface area contributed by atoms with Crippen molar-refractivity contribution < 1.29 is 14.3 Å². The quantitative estimate of drug-likeness (QED) is 0.717. The number of ether oxygens (including phenoxy) is 2. The van der Waals surface area contributed by atoms with Crippen molar-refractivity contribution in [3.63, 3.8) is 0 Å². The molecule has 0 amide bonds. The van der Waals surface area contributed by atoms with Gasteiger partial charge in [-0.3, -0.25) is 9.69 Å². The van der Waals surface area contributed by atoms with Crippen LogP contribution < -0.4 is 0 Å². The van der Waals surface area contributed by atoms with Crippen LogP contribution in [0.3, 0.4) is 0 Å². The Balaban J connectivity index is 1.77. The molecule has 2 rings (SSSR count). The molecule has 1 saturated heterocycles. The number of hydrogen-bond donors (Lipinski definition) is 0. The molecule has 1 aliphatic carbocycles. The number of esters is 1. The van der Waals surface area contributed by atoms with E-state index in [1.165, 1.54) is 12.8 Å². The summed E-state index contributed by atoms with van der Waals surface area (Å²) < 4.78 is 10.5. The molecule has 0 spiro atoms. The molecular weight excluding hydrogens is 230 g/mol. The third-order valence-electron chi connectivity index (χ3n) is 4.02. The van der Waals surface area contributed by atoms with Crippen molar-refractivity contribution in [3.05, 3.63) is 0 Å². The predicted octanol–water partition coefficient (Wildman–Crippen LogP) is 1.69. The van der Waals surface area contributed by atoms with E-state index >= 15 is 0 Å². The van der Waals surface area contributed by atoms with Gasteiger partial charge in [0.05, 0.1) is 25.7 Å². The van der Waals surface area contributed by atoms with Gasteiger partial charge in [-0.15, -0.1) is 0 Å². The Kier molecular flexibility index (Phi) is 5.45. The summed E-state index contributed by atoms with van der Waals surface area (Å²) in [4.78, 5) is 14.3. The predicted molar refractivity (Wildman–Crippen MR) is 69.3 cm³/mol. The van der Waals surface area contributed by atoms with Crippen LogP contribution in [0.25, 0.3) is 0 Å². The zero-order valence-electron chi connectivity index (χ0n) is 11.4. The summed E-state index contributed by atoms with van der Waals surface area (Å²) in [5.74, 6) is 0.820. The maximum absolute atomic E-state index is 11.8. The highest BCUT2D eigenvalue weighted by Crippen LogP contribution is 2.30. The Morgan fingerprint density at radius 1 is 1.33 bits per heavy atom. The second-order valence-electron chi connectivity index (χ2n) is 5.39. The van der Waals surface area contributed by atoms with Gasteiger partial charge in [0.25, 0.3) is 0 Å². The number of carbonyl (C=O) groups is 1. The lowest BCUT2D eigenvalue weighted by Gasteiger charge is -2.34. The van der Waals surface area contributed by atoms with Crippen LogP contribution in [0.4, 0.5) is 0 Å². The average molecular weight is 255 g/mol. The fraction of sp³-hybridized carbons (Fsp3) is 0.929. The molecule has 1 aliphatic heterocycles. The third kappa shape index (κ3) is 3.95. The number of carbonyl (C=O) groups excluding carboxylic acids is 1. The van der Waals surface area contributed by atoms with E-state index in [4.69, 9.17) is 9.47 Å². The van der Waals surface area contributed by atoms with E-state index in [0.29, 0.717) is 12.5 Å². The van der Waals surface area contributed by atoms with E-state index < -0.39 is 0 Å². The molecule has 0 bridgehead atoms. The van der Waals surface area contributed by atoms with Gasteiger partial charge in [-0.2, -0.15) is 0 Å². The fourth-order valence-electron chi connectivity index (χ4n) is 3.08. The maximum atomic E-state index is 11.8. The van der Waals surface area contributed by atoms with Crippen molar-refractivity contribution in [1.82, 2.24) is 4.90 Å². The summed E-state index contributed by atoms with van der Waals surface area (Å²) in [7, 11) is 0. The van der Waals surface area contributed by atoms with Crippen molar-refractivity contribution in [2.45, 2.75) is 32.6 Å². The Labute approximate surface area is 110 Å². The standard InChI is InChI=1S/C14H25NO3/c1-2-18-14(16)13-5-3-4-12(10-13)11-15-6-8-17-9-7-15/h12-13H,2-11H2,1H3/t12-,13+/m1/s1. The summed E-state index contributed by atoms with van der Waals surface area (Å²) in [6.45, 7) is 7.30. The van der Waals surface area contributed by atoms with Crippen LogP contribution in [0, 0.1) is 11.8 Å². The topological polar surface area (TPSA) is 38.8 Å². The first-order valence-corrected chi connectivity index (χ1v) is 7.26. The van der Waals surface area contributed by atoms with E-state index in [1.54, 1.807) is 0 Å². The Morgan fingerprint density at radius 3 is 2.83 bits per heavy atom. The fourth-order valence-corrected chi connectivity index (χ4v) is 3.08. The molecule has 0 radical (unpaired) electrons. The highest BCUT2D eigenvalue weighted by molar-refractivity contribution is 5.72. The monoisotopic (exact) mass is 255 g/mol. The summed E-state index contributed by atoms with van der Waals surface area (Å²) in [6.07, 6.45) is 4.44. The first-order chi connectivity index (χ1) is 8.79. The number of hydrogen-bond acceptors (Lipinski definition) is 4. The molecule has 4 nitrogen and oxygen atoms in total. The highest BCUT2D eigenvalue weighted by atomic mass is 16.5. The lowest BCUT2D eigenvalue weighted by Crippen LogP contribution is -2.40. The maximum Gasteiger partial charge on any atom is 0.308 e. The lowest BCUT2D eigenvalue weighted by molar-refractivity contribution is -0.149. The smallest absolute Gasteiger partial charge is 0.308 e. The van der Waals surface area contributed by atoms with Crippen LogP contribution in [0.1, 0.15) is 32.6 Å². The summed E-state index contributed by atoms with van der Waals surface area (Å²) in [5, 5.41) is 0. The van der Waals surface area contributed by atoms with Crippen LogP contribution in [0.2, 0.25) is 0 Å². The summed E-state index contributed by atoms with van der Waals surface area (Å²) in [6, 6.07) is 0. The second kappa shape index (κ2) is 7.10. The van der Waals surface area contributed by atoms with E-state index in [0.717, 1.165) is 45.7 Å². The summed E-state index contributed by atoms with van der Waals surface area (Å²) in [5.41, 5.74) is 0. The second-order valence-corrected chi connectivity index (χ2v) is 5.39. The first-order valence-electron chi connectivity index (χ1n) is 7.26. The van der Waals surface area contributed by atoms with Gasteiger partial charge in [-0.05, 0) is 32.1 Å². The Bertz CT molecular complexity index is 264. The van der Waals surface area contributed by atoms with Gasteiger partial charge >= 0.3 is 5.97 Å². The number of nitrogens with zero attached hydrogens (tertiary/aromatic N) is 1. The Morgan fingerprint density at radius 2 is 2.11 bits per heavy atom. The van der Waals surface area contributed by atoms with E-state index in [9.17, 15) is 4.79 Å². The normalized spacial score (nSPS) is 30.1. The largest absolute Gasteiger partial charge is 0.466 e. The van der Waals surface area contributed by atoms with Crippen molar-refractivity contribution in [2.75, 3.05) is 39.5 Å². The van der Waals surface area contributed by atoms with Crippen LogP contribution >= 0.6 is 0 Å². The molecule has 2 aliphatic rings. The van der Waals surface area contributed by atoms with Crippen molar-refractivity contribution in [3.8, 4) is 0 Å². The molecule has 0 unspecified atom stereocenters. The molecular formula is C14H25NO3. The molecule has 1 heterocycles. The molecule has 2 fully saturated rings. The minimum absolute atomic E-state index is 0.0178. The summed E-state index contributed by atoms with van der Waals surface area (Å²) >= 11 is 0. The number of morpholine rings is 1. The van der Waals surface area contributed by atoms with Crippen molar-refractivity contribution >= 4 is 5.97 Å². The van der Waals surface area contributed by atoms with Crippen LogP contribution in [0.15, 0.2) is 0 Å². The Hall–Kier alpha value is -0.610. The molecule has 0 aromatic carbocycles. The molecule has 2 atom stereocenters. The van der Waals surface area contributed by atoms with E-state index in [2.05, 4.69) is 4.90 Å². The van der Waals surface area contributed by atoms with Gasteiger partial charge < -0.3 is 9.47 Å². The molecule has 1 saturated carbocycles.